The second-order valence-electron chi connectivity index (χ2n) is 8.98. The zero-order valence-corrected chi connectivity index (χ0v) is 24.0. The van der Waals surface area contributed by atoms with Gasteiger partial charge in [-0.1, -0.05) is 23.7 Å². The number of rotatable bonds is 11. The predicted molar refractivity (Wildman–Crippen MR) is 154 cm³/mol. The van der Waals surface area contributed by atoms with Crippen molar-refractivity contribution in [2.45, 2.75) is 19.9 Å². The summed E-state index contributed by atoms with van der Waals surface area (Å²) in [6.07, 6.45) is 1.29. The molecule has 0 saturated heterocycles. The number of hydrogen-bond acceptors (Lipinski definition) is 9. The van der Waals surface area contributed by atoms with E-state index in [4.69, 9.17) is 35.3 Å². The number of urea groups is 1. The molecular weight excluding hydrogens is 584 g/mol. The van der Waals surface area contributed by atoms with Crippen molar-refractivity contribution in [1.29, 1.82) is 0 Å². The summed E-state index contributed by atoms with van der Waals surface area (Å²) in [6.45, 7) is 3.06. The van der Waals surface area contributed by atoms with Crippen LogP contribution in [0.15, 0.2) is 69.3 Å². The normalized spacial score (nSPS) is 14.6. The zero-order valence-electron chi connectivity index (χ0n) is 23.2. The first-order chi connectivity index (χ1) is 20.6. The first kappa shape index (κ1) is 30.7. The molecule has 0 bridgehead atoms. The Balaban J connectivity index is 1.37. The summed E-state index contributed by atoms with van der Waals surface area (Å²) < 4.78 is 21.8. The van der Waals surface area contributed by atoms with Crippen molar-refractivity contribution in [2.24, 2.45) is 5.10 Å². The number of benzene rings is 2. The molecule has 14 heteroatoms. The van der Waals surface area contributed by atoms with Crippen molar-refractivity contribution in [3.8, 4) is 22.8 Å². The first-order valence-corrected chi connectivity index (χ1v) is 13.2. The van der Waals surface area contributed by atoms with Gasteiger partial charge in [-0.15, -0.1) is 0 Å². The molecule has 1 unspecified atom stereocenters. The summed E-state index contributed by atoms with van der Waals surface area (Å²) in [4.78, 5) is 48.2. The Morgan fingerprint density at radius 2 is 1.93 bits per heavy atom. The highest BCUT2D eigenvalue weighted by Gasteiger charge is 2.32. The second kappa shape index (κ2) is 13.6. The van der Waals surface area contributed by atoms with Gasteiger partial charge in [0.15, 0.2) is 18.1 Å². The number of halogens is 1. The molecule has 43 heavy (non-hydrogen) atoms. The minimum Gasteiger partial charge on any atom is -0.493 e. The van der Waals surface area contributed by atoms with Gasteiger partial charge in [-0.2, -0.15) is 5.10 Å². The highest BCUT2D eigenvalue weighted by molar-refractivity contribution is 6.33. The Morgan fingerprint density at radius 3 is 2.63 bits per heavy atom. The third-order valence-electron chi connectivity index (χ3n) is 6.14. The molecule has 1 aliphatic rings. The Kier molecular flexibility index (Phi) is 9.68. The number of ether oxygens (including phenoxy) is 3. The largest absolute Gasteiger partial charge is 0.493 e. The Labute approximate surface area is 250 Å². The molecule has 0 spiro atoms. The van der Waals surface area contributed by atoms with E-state index in [-0.39, 0.29) is 34.3 Å². The summed E-state index contributed by atoms with van der Waals surface area (Å²) in [5, 5.41) is 18.3. The fourth-order valence-electron chi connectivity index (χ4n) is 4.17. The molecule has 13 nitrogen and oxygen atoms in total. The number of amides is 3. The molecule has 4 N–H and O–H groups in total. The maximum atomic E-state index is 12.6. The first-order valence-electron chi connectivity index (χ1n) is 12.8. The van der Waals surface area contributed by atoms with Crippen LogP contribution < -0.4 is 25.5 Å². The number of carboxylic acids is 1. The smallest absolute Gasteiger partial charge is 0.338 e. The third kappa shape index (κ3) is 7.32. The van der Waals surface area contributed by atoms with Crippen molar-refractivity contribution < 1.29 is 42.9 Å². The lowest BCUT2D eigenvalue weighted by atomic mass is 9.95. The number of nitrogens with one attached hydrogen (secondary N) is 3. The van der Waals surface area contributed by atoms with Gasteiger partial charge in [-0.25, -0.2) is 19.8 Å². The van der Waals surface area contributed by atoms with Crippen LogP contribution in [0.25, 0.3) is 11.3 Å². The Morgan fingerprint density at radius 1 is 1.14 bits per heavy atom. The van der Waals surface area contributed by atoms with Crippen molar-refractivity contribution >= 4 is 41.7 Å². The van der Waals surface area contributed by atoms with Crippen LogP contribution in [0, 0.1) is 0 Å². The molecule has 3 aromatic rings. The lowest BCUT2D eigenvalue weighted by Crippen LogP contribution is -2.45. The van der Waals surface area contributed by atoms with E-state index in [1.165, 1.54) is 25.5 Å². The van der Waals surface area contributed by atoms with Gasteiger partial charge in [0.05, 0.1) is 42.1 Å². The van der Waals surface area contributed by atoms with Crippen molar-refractivity contribution in [2.75, 3.05) is 20.3 Å². The van der Waals surface area contributed by atoms with Crippen LogP contribution in [0.4, 0.5) is 4.79 Å². The minimum atomic E-state index is -1.14. The van der Waals surface area contributed by atoms with E-state index in [0.717, 1.165) is 0 Å². The Bertz CT molecular complexity index is 1630. The van der Waals surface area contributed by atoms with Crippen LogP contribution in [0.2, 0.25) is 5.02 Å². The summed E-state index contributed by atoms with van der Waals surface area (Å²) in [7, 11) is 1.41. The quantitative estimate of drug-likeness (QED) is 0.142. The maximum Gasteiger partial charge on any atom is 0.338 e. The monoisotopic (exact) mass is 610 g/mol. The van der Waals surface area contributed by atoms with E-state index < -0.39 is 36.5 Å². The number of hydrazone groups is 1. The van der Waals surface area contributed by atoms with E-state index in [1.807, 2.05) is 0 Å². The van der Waals surface area contributed by atoms with Gasteiger partial charge in [-0.3, -0.25) is 4.79 Å². The van der Waals surface area contributed by atoms with Gasteiger partial charge in [0.25, 0.3) is 5.91 Å². The molecule has 0 fully saturated rings. The second-order valence-corrected chi connectivity index (χ2v) is 9.39. The van der Waals surface area contributed by atoms with Gasteiger partial charge in [0, 0.05) is 11.3 Å². The van der Waals surface area contributed by atoms with Crippen LogP contribution in [-0.2, 0) is 14.3 Å². The van der Waals surface area contributed by atoms with Crippen molar-refractivity contribution in [3.63, 3.8) is 0 Å². The fourth-order valence-corrected chi connectivity index (χ4v) is 4.43. The number of aromatic carboxylic acids is 1. The number of methoxy groups -OCH3 is 1. The molecule has 0 radical (unpaired) electrons. The number of carbonyl (C=O) groups excluding carboxylic acids is 3. The van der Waals surface area contributed by atoms with E-state index in [9.17, 15) is 19.2 Å². The zero-order chi connectivity index (χ0) is 31.1. The van der Waals surface area contributed by atoms with Gasteiger partial charge in [0.1, 0.15) is 11.5 Å². The summed E-state index contributed by atoms with van der Waals surface area (Å²) >= 11 is 6.02. The van der Waals surface area contributed by atoms with E-state index >= 15 is 0 Å². The van der Waals surface area contributed by atoms with Gasteiger partial charge < -0.3 is 34.4 Å². The standard InChI is InChI=1S/C29H27ClN4O9/c1-4-41-28(38)25-15(2)32-29(39)33-26(25)17-6-9-22(23(12-17)40-3)42-14-24(35)34-31-13-18-7-10-21(43-18)16-5-8-19(27(36)37)20(30)11-16/h5-13,26H,4,14H2,1-3H3,(H,34,35)(H,36,37)(H2,32,33,39)/b31-13+. The lowest BCUT2D eigenvalue weighted by molar-refractivity contribution is -0.139. The highest BCUT2D eigenvalue weighted by atomic mass is 35.5. The molecule has 1 atom stereocenters. The molecule has 224 valence electrons. The van der Waals surface area contributed by atoms with E-state index in [1.54, 1.807) is 50.2 Å². The van der Waals surface area contributed by atoms with Gasteiger partial charge >= 0.3 is 18.0 Å². The average Bonchev–Trinajstić information content (AvgIpc) is 3.44. The topological polar surface area (TPSA) is 178 Å². The van der Waals surface area contributed by atoms with Crippen LogP contribution in [-0.4, -0.2) is 55.5 Å². The predicted octanol–water partition coefficient (Wildman–Crippen LogP) is 4.03. The molecule has 4 rings (SSSR count). The molecule has 2 heterocycles. The number of allylic oxidation sites excluding steroid dienone is 1. The number of furan rings is 1. The summed E-state index contributed by atoms with van der Waals surface area (Å²) in [5.74, 6) is -1.02. The Hall–Kier alpha value is -5.30. The minimum absolute atomic E-state index is 0.0251. The fraction of sp³-hybridized carbons (Fsp3) is 0.207. The number of carbonyl (C=O) groups is 4. The van der Waals surface area contributed by atoms with E-state index in [2.05, 4.69) is 21.2 Å². The van der Waals surface area contributed by atoms with Crippen LogP contribution >= 0.6 is 11.6 Å². The third-order valence-corrected chi connectivity index (χ3v) is 6.45. The lowest BCUT2D eigenvalue weighted by Gasteiger charge is -2.28. The van der Waals surface area contributed by atoms with Gasteiger partial charge in [-0.05, 0) is 55.8 Å². The van der Waals surface area contributed by atoms with Crippen molar-refractivity contribution in [1.82, 2.24) is 16.1 Å². The number of hydrogen-bond donors (Lipinski definition) is 4. The maximum absolute atomic E-state index is 12.6. The SMILES string of the molecule is CCOC(=O)C1=C(C)NC(=O)NC1c1ccc(OCC(=O)N/N=C/c2ccc(-c3ccc(C(=O)O)c(Cl)c3)o2)c(OC)c1. The number of nitrogens with zero attached hydrogens (tertiary/aromatic N) is 1. The number of carboxylic acid groups (broad SMARTS) is 1. The van der Waals surface area contributed by atoms with Crippen LogP contribution in [0.5, 0.6) is 11.5 Å². The molecule has 2 aromatic carbocycles. The molecule has 1 aliphatic heterocycles. The number of esters is 1. The molecule has 1 aromatic heterocycles. The molecular formula is C29H27ClN4O9. The van der Waals surface area contributed by atoms with Crippen molar-refractivity contribution in [3.05, 3.63) is 81.7 Å². The van der Waals surface area contributed by atoms with Gasteiger partial charge in [0.2, 0.25) is 0 Å². The summed E-state index contributed by atoms with van der Waals surface area (Å²) in [5.41, 5.74) is 4.02. The molecule has 0 saturated carbocycles. The summed E-state index contributed by atoms with van der Waals surface area (Å²) in [6, 6.07) is 11.2. The van der Waals surface area contributed by atoms with E-state index in [0.29, 0.717) is 28.3 Å². The molecule has 0 aliphatic carbocycles. The average molecular weight is 611 g/mol. The van der Waals surface area contributed by atoms with Crippen LogP contribution in [0.1, 0.15) is 41.6 Å². The molecule has 3 amide bonds. The highest BCUT2D eigenvalue weighted by Crippen LogP contribution is 2.34. The van der Waals surface area contributed by atoms with Crippen LogP contribution in [0.3, 0.4) is 0 Å².